The van der Waals surface area contributed by atoms with Crippen molar-refractivity contribution in [3.05, 3.63) is 39.9 Å². The Labute approximate surface area is 114 Å². The van der Waals surface area contributed by atoms with E-state index >= 15 is 0 Å². The molecule has 0 aliphatic rings. The molecule has 1 aromatic carbocycles. The molecule has 0 radical (unpaired) electrons. The maximum Gasteiger partial charge on any atom is 0.273 e. The van der Waals surface area contributed by atoms with Gasteiger partial charge in [-0.25, -0.2) is 21.9 Å². The zero-order valence-corrected chi connectivity index (χ0v) is 11.1. The molecule has 1 aromatic rings. The molecule has 3 N–H and O–H groups in total. The van der Waals surface area contributed by atoms with Gasteiger partial charge in [0.2, 0.25) is 10.0 Å². The summed E-state index contributed by atoms with van der Waals surface area (Å²) in [5.41, 5.74) is 4.85. The summed E-state index contributed by atoms with van der Waals surface area (Å²) in [6.45, 7) is -2.05. The van der Waals surface area contributed by atoms with Gasteiger partial charge in [-0.05, 0) is 5.56 Å². The zero-order chi connectivity index (χ0) is 15.4. The van der Waals surface area contributed by atoms with Gasteiger partial charge in [-0.3, -0.25) is 10.1 Å². The van der Waals surface area contributed by atoms with Crippen molar-refractivity contribution in [2.45, 2.75) is 11.7 Å². The van der Waals surface area contributed by atoms with E-state index < -0.39 is 39.7 Å². The Morgan fingerprint density at radius 2 is 1.85 bits per heavy atom. The number of sulfonamides is 1. The lowest BCUT2D eigenvalue weighted by atomic mass is 10.2. The van der Waals surface area contributed by atoms with E-state index in [1.165, 1.54) is 12.1 Å². The third-order valence-corrected chi connectivity index (χ3v) is 3.65. The van der Waals surface area contributed by atoms with Gasteiger partial charge in [-0.2, -0.15) is 0 Å². The number of hydrogen-bond acceptors (Lipinski definition) is 5. The highest BCUT2D eigenvalue weighted by Crippen LogP contribution is 2.14. The quantitative estimate of drug-likeness (QED) is 0.565. The summed E-state index contributed by atoms with van der Waals surface area (Å²) in [6.07, 6.45) is 0. The van der Waals surface area contributed by atoms with Gasteiger partial charge in [0.25, 0.3) is 11.6 Å². The van der Waals surface area contributed by atoms with Crippen molar-refractivity contribution in [3.8, 4) is 0 Å². The molecule has 0 aliphatic heterocycles. The lowest BCUT2D eigenvalue weighted by Crippen LogP contribution is -2.41. The number of rotatable bonds is 7. The monoisotopic (exact) mass is 309 g/mol. The largest absolute Gasteiger partial charge is 0.325 e. The summed E-state index contributed by atoms with van der Waals surface area (Å²) in [5, 5.41) is 10.4. The maximum absolute atomic E-state index is 12.8. The highest BCUT2D eigenvalue weighted by Gasteiger charge is 2.28. The molecule has 0 bridgehead atoms. The second-order valence-corrected chi connectivity index (χ2v) is 5.87. The van der Waals surface area contributed by atoms with Gasteiger partial charge in [-0.1, -0.05) is 12.1 Å². The van der Waals surface area contributed by atoms with E-state index in [0.29, 0.717) is 0 Å². The Kier molecular flexibility index (Phi) is 5.09. The van der Waals surface area contributed by atoms with Crippen molar-refractivity contribution in [1.29, 1.82) is 0 Å². The Bertz CT molecular complexity index is 575. The summed E-state index contributed by atoms with van der Waals surface area (Å²) in [5.74, 6) is -3.87. The molecule has 0 saturated heterocycles. The zero-order valence-electron chi connectivity index (χ0n) is 10.3. The fraction of sp³-hybridized carbons (Fsp3) is 0.400. The molecule has 0 spiro atoms. The van der Waals surface area contributed by atoms with Crippen LogP contribution in [-0.4, -0.2) is 32.4 Å². The maximum atomic E-state index is 12.8. The number of alkyl halides is 2. The van der Waals surface area contributed by atoms with E-state index in [4.69, 9.17) is 5.73 Å². The van der Waals surface area contributed by atoms with Crippen LogP contribution in [-0.2, 0) is 15.8 Å². The summed E-state index contributed by atoms with van der Waals surface area (Å²) in [7, 11) is -3.97. The second-order valence-electron chi connectivity index (χ2n) is 4.06. The summed E-state index contributed by atoms with van der Waals surface area (Å²) in [6, 6.07) is 4.77. The van der Waals surface area contributed by atoms with E-state index in [-0.39, 0.29) is 11.3 Å². The smallest absolute Gasteiger partial charge is 0.273 e. The van der Waals surface area contributed by atoms with E-state index in [1.807, 2.05) is 0 Å². The predicted octanol–water partition coefficient (Wildman–Crippen LogP) is 0.608. The van der Waals surface area contributed by atoms with Crippen molar-refractivity contribution in [3.63, 3.8) is 0 Å². The van der Waals surface area contributed by atoms with Crippen LogP contribution in [0.25, 0.3) is 0 Å². The van der Waals surface area contributed by atoms with Crippen LogP contribution < -0.4 is 10.5 Å². The molecular formula is C10H13F2N3O4S. The van der Waals surface area contributed by atoms with Crippen LogP contribution in [0.2, 0.25) is 0 Å². The number of nitrogens with zero attached hydrogens (tertiary/aromatic N) is 1. The van der Waals surface area contributed by atoms with Crippen LogP contribution in [0.4, 0.5) is 14.5 Å². The number of nitro benzene ring substituents is 1. The Hall–Kier alpha value is -1.65. The molecule has 0 fully saturated rings. The first kappa shape index (κ1) is 16.4. The van der Waals surface area contributed by atoms with E-state index in [0.717, 1.165) is 12.1 Å². The highest BCUT2D eigenvalue weighted by atomic mass is 32.2. The van der Waals surface area contributed by atoms with Crippen LogP contribution in [0.3, 0.4) is 0 Å². The Morgan fingerprint density at radius 3 is 2.30 bits per heavy atom. The molecule has 7 nitrogen and oxygen atoms in total. The highest BCUT2D eigenvalue weighted by molar-refractivity contribution is 7.88. The molecule has 1 rings (SSSR count). The minimum atomic E-state index is -3.97. The number of benzene rings is 1. The number of nitrogens with one attached hydrogen (secondary N) is 1. The molecule has 0 aliphatic carbocycles. The molecule has 0 heterocycles. The normalized spacial score (nSPS) is 12.3. The number of nitro groups is 1. The van der Waals surface area contributed by atoms with Crippen LogP contribution in [0.15, 0.2) is 24.3 Å². The molecule has 0 atom stereocenters. The standard InChI is InChI=1S/C10H13F2N3O4S/c11-10(12,6-13)7-14-20(18,19)5-8-1-3-9(4-2-8)15(16)17/h1-4,14H,5-7,13H2. The van der Waals surface area contributed by atoms with Gasteiger partial charge in [0.1, 0.15) is 0 Å². The first-order valence-electron chi connectivity index (χ1n) is 5.44. The van der Waals surface area contributed by atoms with Gasteiger partial charge in [0.05, 0.1) is 23.8 Å². The minimum absolute atomic E-state index is 0.186. The Balaban J connectivity index is 2.69. The van der Waals surface area contributed by atoms with Gasteiger partial charge >= 0.3 is 0 Å². The van der Waals surface area contributed by atoms with Crippen molar-refractivity contribution >= 4 is 15.7 Å². The average molecular weight is 309 g/mol. The second kappa shape index (κ2) is 6.20. The molecule has 0 saturated carbocycles. The number of halogens is 2. The summed E-state index contributed by atoms with van der Waals surface area (Å²) >= 11 is 0. The lowest BCUT2D eigenvalue weighted by molar-refractivity contribution is -0.384. The topological polar surface area (TPSA) is 115 Å². The van der Waals surface area contributed by atoms with Crippen molar-refractivity contribution < 1.29 is 22.1 Å². The van der Waals surface area contributed by atoms with Crippen molar-refractivity contribution in [1.82, 2.24) is 4.72 Å². The van der Waals surface area contributed by atoms with E-state index in [1.54, 1.807) is 4.72 Å². The molecule has 0 amide bonds. The first-order valence-corrected chi connectivity index (χ1v) is 7.09. The number of non-ortho nitro benzene ring substituents is 1. The van der Waals surface area contributed by atoms with Gasteiger partial charge in [0.15, 0.2) is 0 Å². The SMILES string of the molecule is NCC(F)(F)CNS(=O)(=O)Cc1ccc([N+](=O)[O-])cc1. The van der Waals surface area contributed by atoms with Crippen LogP contribution in [0.1, 0.15) is 5.56 Å². The molecule has 10 heteroatoms. The van der Waals surface area contributed by atoms with Crippen molar-refractivity contribution in [2.24, 2.45) is 5.73 Å². The molecule has 112 valence electrons. The third-order valence-electron chi connectivity index (χ3n) is 2.35. The molecule has 0 unspecified atom stereocenters. The third kappa shape index (κ3) is 5.15. The lowest BCUT2D eigenvalue weighted by Gasteiger charge is -2.14. The number of nitrogens with two attached hydrogens (primary N) is 1. The average Bonchev–Trinajstić information content (AvgIpc) is 2.37. The molecular weight excluding hydrogens is 296 g/mol. The summed E-state index contributed by atoms with van der Waals surface area (Å²) in [4.78, 5) is 9.80. The van der Waals surface area contributed by atoms with Crippen molar-refractivity contribution in [2.75, 3.05) is 13.1 Å². The number of hydrogen-bond donors (Lipinski definition) is 2. The summed E-state index contributed by atoms with van der Waals surface area (Å²) < 4.78 is 50.5. The molecule has 0 aromatic heterocycles. The van der Waals surface area contributed by atoms with Crippen LogP contribution in [0.5, 0.6) is 0 Å². The fourth-order valence-electron chi connectivity index (χ4n) is 1.27. The van der Waals surface area contributed by atoms with E-state index in [2.05, 4.69) is 0 Å². The first-order chi connectivity index (χ1) is 9.15. The van der Waals surface area contributed by atoms with Crippen LogP contribution >= 0.6 is 0 Å². The fourth-order valence-corrected chi connectivity index (χ4v) is 2.44. The van der Waals surface area contributed by atoms with Gasteiger partial charge < -0.3 is 5.73 Å². The van der Waals surface area contributed by atoms with E-state index in [9.17, 15) is 27.3 Å². The minimum Gasteiger partial charge on any atom is -0.325 e. The predicted molar refractivity (Wildman–Crippen MR) is 67.7 cm³/mol. The Morgan fingerprint density at radius 1 is 1.30 bits per heavy atom. The van der Waals surface area contributed by atoms with Gasteiger partial charge in [-0.15, -0.1) is 0 Å². The molecule has 20 heavy (non-hydrogen) atoms. The van der Waals surface area contributed by atoms with Gasteiger partial charge in [0, 0.05) is 12.1 Å². The van der Waals surface area contributed by atoms with Crippen LogP contribution in [0, 0.1) is 10.1 Å².